The summed E-state index contributed by atoms with van der Waals surface area (Å²) in [5, 5.41) is 1.27. The van der Waals surface area contributed by atoms with Gasteiger partial charge in [-0.05, 0) is 40.8 Å². The SMILES string of the molecule is Clc1cc2c(C3=Cc4ccccc4C3)cccc2s1. The summed E-state index contributed by atoms with van der Waals surface area (Å²) >= 11 is 7.80. The predicted octanol–water partition coefficient (Wildman–Crippen LogP) is 5.65. The lowest BCUT2D eigenvalue weighted by Crippen LogP contribution is -1.85. The number of allylic oxidation sites excluding steroid dienone is 1. The Bertz CT molecular complexity index is 811. The van der Waals surface area contributed by atoms with Gasteiger partial charge in [0.15, 0.2) is 0 Å². The topological polar surface area (TPSA) is 0 Å². The molecule has 1 aliphatic carbocycles. The van der Waals surface area contributed by atoms with E-state index in [1.54, 1.807) is 11.3 Å². The Morgan fingerprint density at radius 2 is 1.89 bits per heavy atom. The van der Waals surface area contributed by atoms with Crippen molar-refractivity contribution in [3.05, 3.63) is 69.6 Å². The van der Waals surface area contributed by atoms with Gasteiger partial charge in [-0.25, -0.2) is 0 Å². The van der Waals surface area contributed by atoms with Crippen LogP contribution in [-0.2, 0) is 6.42 Å². The third-order valence-corrected chi connectivity index (χ3v) is 4.87. The van der Waals surface area contributed by atoms with Crippen LogP contribution in [0.15, 0.2) is 48.5 Å². The molecule has 0 aliphatic heterocycles. The van der Waals surface area contributed by atoms with Crippen LogP contribution in [0, 0.1) is 0 Å². The minimum absolute atomic E-state index is 0.860. The van der Waals surface area contributed by atoms with E-state index in [0.29, 0.717) is 0 Å². The highest BCUT2D eigenvalue weighted by Crippen LogP contribution is 2.38. The fourth-order valence-electron chi connectivity index (χ4n) is 2.76. The summed E-state index contributed by atoms with van der Waals surface area (Å²) in [6.07, 6.45) is 3.32. The molecule has 0 bridgehead atoms. The van der Waals surface area contributed by atoms with Gasteiger partial charge in [-0.1, -0.05) is 54.1 Å². The lowest BCUT2D eigenvalue weighted by atomic mass is 10.0. The molecule has 92 valence electrons. The van der Waals surface area contributed by atoms with Gasteiger partial charge in [0.25, 0.3) is 0 Å². The maximum Gasteiger partial charge on any atom is 0.0941 e. The molecule has 0 amide bonds. The molecule has 1 heterocycles. The van der Waals surface area contributed by atoms with E-state index in [1.165, 1.54) is 32.3 Å². The molecule has 1 aromatic heterocycles. The number of hydrogen-bond donors (Lipinski definition) is 0. The summed E-state index contributed by atoms with van der Waals surface area (Å²) in [6.45, 7) is 0. The summed E-state index contributed by atoms with van der Waals surface area (Å²) in [5.41, 5.74) is 5.46. The van der Waals surface area contributed by atoms with Crippen LogP contribution in [0.2, 0.25) is 4.34 Å². The van der Waals surface area contributed by atoms with Crippen LogP contribution in [0.1, 0.15) is 16.7 Å². The van der Waals surface area contributed by atoms with Gasteiger partial charge in [0, 0.05) is 10.1 Å². The van der Waals surface area contributed by atoms with Crippen LogP contribution < -0.4 is 0 Å². The van der Waals surface area contributed by atoms with E-state index in [4.69, 9.17) is 11.6 Å². The van der Waals surface area contributed by atoms with Crippen molar-refractivity contribution in [1.82, 2.24) is 0 Å². The van der Waals surface area contributed by atoms with Crippen molar-refractivity contribution in [2.45, 2.75) is 6.42 Å². The van der Waals surface area contributed by atoms with Gasteiger partial charge in [0.1, 0.15) is 0 Å². The summed E-state index contributed by atoms with van der Waals surface area (Å²) < 4.78 is 2.12. The van der Waals surface area contributed by atoms with Gasteiger partial charge in [-0.15, -0.1) is 11.3 Å². The number of rotatable bonds is 1. The second kappa shape index (κ2) is 4.22. The fraction of sp³-hybridized carbons (Fsp3) is 0.0588. The van der Waals surface area contributed by atoms with Crippen LogP contribution in [0.5, 0.6) is 0 Å². The third kappa shape index (κ3) is 1.81. The van der Waals surface area contributed by atoms with E-state index in [2.05, 4.69) is 54.6 Å². The molecule has 2 heteroatoms. The maximum absolute atomic E-state index is 6.15. The Balaban J connectivity index is 1.89. The molecule has 0 unspecified atom stereocenters. The van der Waals surface area contributed by atoms with E-state index >= 15 is 0 Å². The van der Waals surface area contributed by atoms with Crippen molar-refractivity contribution in [2.24, 2.45) is 0 Å². The lowest BCUT2D eigenvalue weighted by molar-refractivity contribution is 1.32. The first-order valence-electron chi connectivity index (χ1n) is 6.28. The Kier molecular flexibility index (Phi) is 2.51. The smallest absolute Gasteiger partial charge is 0.0941 e. The highest BCUT2D eigenvalue weighted by atomic mass is 35.5. The molecule has 0 spiro atoms. The van der Waals surface area contributed by atoms with Crippen molar-refractivity contribution in [3.8, 4) is 0 Å². The van der Waals surface area contributed by atoms with Gasteiger partial charge >= 0.3 is 0 Å². The van der Waals surface area contributed by atoms with Crippen molar-refractivity contribution in [3.63, 3.8) is 0 Å². The standard InChI is InChI=1S/C17H11ClS/c18-17-10-15-14(6-3-7-16(15)19-17)13-8-11-4-1-2-5-12(11)9-13/h1-8,10H,9H2. The summed E-state index contributed by atoms with van der Waals surface area (Å²) in [4.78, 5) is 0. The third-order valence-electron chi connectivity index (χ3n) is 3.64. The van der Waals surface area contributed by atoms with Crippen molar-refractivity contribution < 1.29 is 0 Å². The van der Waals surface area contributed by atoms with Crippen LogP contribution >= 0.6 is 22.9 Å². The van der Waals surface area contributed by atoms with Crippen LogP contribution in [-0.4, -0.2) is 0 Å². The molecular formula is C17H11ClS. The number of halogens is 1. The van der Waals surface area contributed by atoms with Crippen molar-refractivity contribution in [2.75, 3.05) is 0 Å². The molecule has 4 rings (SSSR count). The van der Waals surface area contributed by atoms with E-state index in [9.17, 15) is 0 Å². The molecule has 0 atom stereocenters. The largest absolute Gasteiger partial charge is 0.123 e. The quantitative estimate of drug-likeness (QED) is 0.541. The maximum atomic E-state index is 6.15. The molecule has 0 fully saturated rings. The summed E-state index contributed by atoms with van der Waals surface area (Å²) in [6, 6.07) is 17.1. The van der Waals surface area contributed by atoms with E-state index in [-0.39, 0.29) is 0 Å². The molecule has 19 heavy (non-hydrogen) atoms. The predicted molar refractivity (Wildman–Crippen MR) is 84.9 cm³/mol. The second-order valence-corrected chi connectivity index (χ2v) is 6.53. The molecule has 2 aromatic carbocycles. The monoisotopic (exact) mass is 282 g/mol. The van der Waals surface area contributed by atoms with Gasteiger partial charge in [-0.2, -0.15) is 0 Å². The molecule has 0 radical (unpaired) electrons. The summed E-state index contributed by atoms with van der Waals surface area (Å²) in [7, 11) is 0. The zero-order valence-electron chi connectivity index (χ0n) is 10.2. The number of fused-ring (bicyclic) bond motifs is 2. The van der Waals surface area contributed by atoms with Crippen molar-refractivity contribution in [1.29, 1.82) is 0 Å². The number of benzene rings is 2. The Morgan fingerprint density at radius 3 is 2.79 bits per heavy atom. The summed E-state index contributed by atoms with van der Waals surface area (Å²) in [5.74, 6) is 0. The molecule has 0 saturated heterocycles. The zero-order valence-corrected chi connectivity index (χ0v) is 11.8. The average molecular weight is 283 g/mol. The van der Waals surface area contributed by atoms with Crippen molar-refractivity contribution >= 4 is 44.7 Å². The van der Waals surface area contributed by atoms with E-state index < -0.39 is 0 Å². The van der Waals surface area contributed by atoms with Gasteiger partial charge in [-0.3, -0.25) is 0 Å². The minimum Gasteiger partial charge on any atom is -0.123 e. The fourth-order valence-corrected chi connectivity index (χ4v) is 3.93. The van der Waals surface area contributed by atoms with Crippen LogP contribution in [0.4, 0.5) is 0 Å². The first-order chi connectivity index (χ1) is 9.31. The minimum atomic E-state index is 0.860. The molecular weight excluding hydrogens is 272 g/mol. The second-order valence-electron chi connectivity index (χ2n) is 4.81. The lowest BCUT2D eigenvalue weighted by Gasteiger charge is -2.04. The molecule has 0 N–H and O–H groups in total. The highest BCUT2D eigenvalue weighted by Gasteiger charge is 2.16. The van der Waals surface area contributed by atoms with E-state index in [1.807, 2.05) is 0 Å². The normalized spacial score (nSPS) is 13.6. The highest BCUT2D eigenvalue weighted by molar-refractivity contribution is 7.22. The molecule has 3 aromatic rings. The first-order valence-corrected chi connectivity index (χ1v) is 7.47. The zero-order chi connectivity index (χ0) is 12.8. The molecule has 0 nitrogen and oxygen atoms in total. The Morgan fingerprint density at radius 1 is 1.00 bits per heavy atom. The average Bonchev–Trinajstić information content (AvgIpc) is 2.99. The molecule has 0 saturated carbocycles. The van der Waals surface area contributed by atoms with Gasteiger partial charge in [0.2, 0.25) is 0 Å². The van der Waals surface area contributed by atoms with Gasteiger partial charge < -0.3 is 0 Å². The Hall–Kier alpha value is -1.57. The van der Waals surface area contributed by atoms with E-state index in [0.717, 1.165) is 10.8 Å². The first kappa shape index (κ1) is 11.3. The van der Waals surface area contributed by atoms with Gasteiger partial charge in [0.05, 0.1) is 4.34 Å². The van der Waals surface area contributed by atoms with Crippen LogP contribution in [0.3, 0.4) is 0 Å². The Labute approximate surface area is 121 Å². The van der Waals surface area contributed by atoms with Crippen LogP contribution in [0.25, 0.3) is 21.7 Å². The number of hydrogen-bond acceptors (Lipinski definition) is 1. The number of thiophene rings is 1. The molecule has 1 aliphatic rings.